The molecule has 2 aromatic carbocycles. The summed E-state index contributed by atoms with van der Waals surface area (Å²) in [6.45, 7) is 4.06. The molecule has 0 saturated carbocycles. The average molecular weight is 633 g/mol. The lowest BCUT2D eigenvalue weighted by Gasteiger charge is -2.34. The predicted molar refractivity (Wildman–Crippen MR) is 152 cm³/mol. The van der Waals surface area contributed by atoms with Gasteiger partial charge in [0.2, 0.25) is 10.0 Å². The standard InChI is InChI=1S/C28H27F3N6O4S2/c1-18-21(27(39)37(26(18)38)20-10-9-19(17-32)22(16-20)28(29,30)31)6-3-2-4-11-35-12-14-36(15-13-35)43(40,41)24-8-5-7-23-25(24)34-42-33-23/h5,7-10,16H,2-4,6,11-15H2,1H3. The molecule has 0 unspecified atom stereocenters. The summed E-state index contributed by atoms with van der Waals surface area (Å²) < 4.78 is 76.5. The highest BCUT2D eigenvalue weighted by Crippen LogP contribution is 2.37. The first-order valence-electron chi connectivity index (χ1n) is 13.6. The number of carbonyl (C=O) groups excluding carboxylic acids is 2. The van der Waals surface area contributed by atoms with Gasteiger partial charge in [-0.25, -0.2) is 13.3 Å². The number of amides is 2. The molecule has 3 aromatic rings. The van der Waals surface area contributed by atoms with Crippen LogP contribution in [0, 0.1) is 11.3 Å². The van der Waals surface area contributed by atoms with Crippen molar-refractivity contribution in [3.05, 3.63) is 58.7 Å². The van der Waals surface area contributed by atoms with Gasteiger partial charge in [-0.3, -0.25) is 9.59 Å². The third-order valence-electron chi connectivity index (χ3n) is 7.72. The molecule has 2 aliphatic heterocycles. The summed E-state index contributed by atoms with van der Waals surface area (Å²) in [5.74, 6) is -1.32. The van der Waals surface area contributed by atoms with E-state index in [4.69, 9.17) is 5.26 Å². The summed E-state index contributed by atoms with van der Waals surface area (Å²) in [6.07, 6.45) is -2.38. The number of nitrogens with zero attached hydrogens (tertiary/aromatic N) is 6. The van der Waals surface area contributed by atoms with Crippen LogP contribution in [0.5, 0.6) is 0 Å². The van der Waals surface area contributed by atoms with Gasteiger partial charge in [-0.2, -0.15) is 31.5 Å². The van der Waals surface area contributed by atoms with Gasteiger partial charge in [0.05, 0.1) is 34.6 Å². The molecule has 1 fully saturated rings. The van der Waals surface area contributed by atoms with Crippen molar-refractivity contribution >= 4 is 50.3 Å². The van der Waals surface area contributed by atoms with Crippen LogP contribution in [0.4, 0.5) is 18.9 Å². The third kappa shape index (κ3) is 6.05. The second kappa shape index (κ2) is 12.1. The maximum atomic E-state index is 13.4. The number of benzene rings is 2. The number of unbranched alkanes of at least 4 members (excludes halogenated alkanes) is 2. The number of fused-ring (bicyclic) bond motifs is 1. The molecule has 0 bridgehead atoms. The molecule has 0 radical (unpaired) electrons. The molecule has 15 heteroatoms. The van der Waals surface area contributed by atoms with Gasteiger partial charge in [0.15, 0.2) is 0 Å². The van der Waals surface area contributed by atoms with Crippen molar-refractivity contribution < 1.29 is 31.2 Å². The molecule has 10 nitrogen and oxygen atoms in total. The Labute approximate surface area is 250 Å². The van der Waals surface area contributed by atoms with E-state index in [0.717, 1.165) is 42.1 Å². The minimum atomic E-state index is -4.81. The number of sulfonamides is 1. The number of alkyl halides is 3. The number of piperazine rings is 1. The van der Waals surface area contributed by atoms with E-state index >= 15 is 0 Å². The molecule has 0 N–H and O–H groups in total. The van der Waals surface area contributed by atoms with E-state index < -0.39 is 39.1 Å². The van der Waals surface area contributed by atoms with Gasteiger partial charge in [-0.05, 0) is 63.1 Å². The zero-order chi connectivity index (χ0) is 30.9. The zero-order valence-corrected chi connectivity index (χ0v) is 24.7. The van der Waals surface area contributed by atoms with E-state index in [1.54, 1.807) is 18.2 Å². The largest absolute Gasteiger partial charge is 0.417 e. The highest BCUT2D eigenvalue weighted by molar-refractivity contribution is 7.89. The minimum absolute atomic E-state index is 0.162. The molecule has 43 heavy (non-hydrogen) atoms. The van der Waals surface area contributed by atoms with Crippen LogP contribution in [0.2, 0.25) is 0 Å². The first kappa shape index (κ1) is 30.7. The monoisotopic (exact) mass is 632 g/mol. The zero-order valence-electron chi connectivity index (χ0n) is 23.1. The molecule has 0 spiro atoms. The Hall–Kier alpha value is -3.71. The molecule has 3 heterocycles. The summed E-state index contributed by atoms with van der Waals surface area (Å²) in [6, 6.07) is 9.21. The molecule has 226 valence electrons. The fraction of sp³-hybridized carbons (Fsp3) is 0.393. The van der Waals surface area contributed by atoms with E-state index in [1.807, 2.05) is 0 Å². The Kier molecular flexibility index (Phi) is 8.66. The maximum Gasteiger partial charge on any atom is 0.417 e. The number of anilines is 1. The van der Waals surface area contributed by atoms with E-state index in [0.29, 0.717) is 56.1 Å². The fourth-order valence-electron chi connectivity index (χ4n) is 5.35. The van der Waals surface area contributed by atoms with Gasteiger partial charge >= 0.3 is 6.18 Å². The highest BCUT2D eigenvalue weighted by Gasteiger charge is 2.39. The van der Waals surface area contributed by atoms with Crippen molar-refractivity contribution in [2.24, 2.45) is 0 Å². The number of nitriles is 1. The second-order valence-electron chi connectivity index (χ2n) is 10.3. The van der Waals surface area contributed by atoms with Gasteiger partial charge in [0.25, 0.3) is 11.8 Å². The molecule has 0 aliphatic carbocycles. The smallest absolute Gasteiger partial charge is 0.301 e. The van der Waals surface area contributed by atoms with Crippen molar-refractivity contribution in [1.29, 1.82) is 5.26 Å². The van der Waals surface area contributed by atoms with Gasteiger partial charge in [0, 0.05) is 37.3 Å². The molecular formula is C28H27F3N6O4S2. The average Bonchev–Trinajstić information content (AvgIpc) is 3.54. The van der Waals surface area contributed by atoms with Gasteiger partial charge in [0.1, 0.15) is 15.9 Å². The number of imide groups is 1. The predicted octanol–water partition coefficient (Wildman–Crippen LogP) is 4.34. The van der Waals surface area contributed by atoms with Crippen LogP contribution in [0.1, 0.15) is 43.7 Å². The van der Waals surface area contributed by atoms with E-state index in [-0.39, 0.29) is 21.7 Å². The molecule has 1 aromatic heterocycles. The van der Waals surface area contributed by atoms with Crippen LogP contribution in [-0.4, -0.2) is 70.9 Å². The number of aromatic nitrogens is 2. The molecular weight excluding hydrogens is 605 g/mol. The van der Waals surface area contributed by atoms with E-state index in [9.17, 15) is 31.2 Å². The fourth-order valence-corrected chi connectivity index (χ4v) is 7.53. The number of carbonyl (C=O) groups is 2. The van der Waals surface area contributed by atoms with Crippen LogP contribution in [0.15, 0.2) is 52.4 Å². The maximum absolute atomic E-state index is 13.4. The summed E-state index contributed by atoms with van der Waals surface area (Å²) >= 11 is 0.974. The van der Waals surface area contributed by atoms with E-state index in [1.165, 1.54) is 23.4 Å². The topological polar surface area (TPSA) is 128 Å². The number of hydrogen-bond acceptors (Lipinski definition) is 9. The van der Waals surface area contributed by atoms with Crippen LogP contribution >= 0.6 is 11.7 Å². The molecule has 5 rings (SSSR count). The highest BCUT2D eigenvalue weighted by atomic mass is 32.2. The SMILES string of the molecule is CC1=C(CCCCCN2CCN(S(=O)(=O)c3cccc4nsnc34)CC2)C(=O)N(c2ccc(C#N)c(C(F)(F)F)c2)C1=O. The number of hydrogen-bond donors (Lipinski definition) is 0. The summed E-state index contributed by atoms with van der Waals surface area (Å²) in [5, 5.41) is 9.02. The molecule has 2 aliphatic rings. The lowest BCUT2D eigenvalue weighted by Crippen LogP contribution is -2.48. The molecule has 1 saturated heterocycles. The lowest BCUT2D eigenvalue weighted by atomic mass is 10.0. The number of rotatable bonds is 9. The number of halogens is 3. The van der Waals surface area contributed by atoms with Gasteiger partial charge < -0.3 is 4.90 Å². The van der Waals surface area contributed by atoms with Crippen LogP contribution < -0.4 is 4.90 Å². The van der Waals surface area contributed by atoms with Gasteiger partial charge in [-0.1, -0.05) is 12.5 Å². The first-order chi connectivity index (χ1) is 20.4. The van der Waals surface area contributed by atoms with Crippen LogP contribution in [0.3, 0.4) is 0 Å². The Balaban J connectivity index is 1.11. The van der Waals surface area contributed by atoms with Crippen molar-refractivity contribution in [3.63, 3.8) is 0 Å². The second-order valence-corrected chi connectivity index (χ2v) is 12.8. The molecule has 2 amide bonds. The Morgan fingerprint density at radius 1 is 1.00 bits per heavy atom. The Bertz CT molecular complexity index is 1760. The molecule has 0 atom stereocenters. The third-order valence-corrected chi connectivity index (χ3v) is 10.2. The normalized spacial score (nSPS) is 17.3. The minimum Gasteiger partial charge on any atom is -0.301 e. The van der Waals surface area contributed by atoms with Crippen molar-refractivity contribution in [3.8, 4) is 6.07 Å². The summed E-state index contributed by atoms with van der Waals surface area (Å²) in [5.41, 5.74) is -0.611. The summed E-state index contributed by atoms with van der Waals surface area (Å²) in [7, 11) is -3.70. The van der Waals surface area contributed by atoms with Crippen molar-refractivity contribution in [2.75, 3.05) is 37.6 Å². The Morgan fingerprint density at radius 3 is 2.44 bits per heavy atom. The Morgan fingerprint density at radius 2 is 1.74 bits per heavy atom. The summed E-state index contributed by atoms with van der Waals surface area (Å²) in [4.78, 5) is 28.9. The quantitative estimate of drug-likeness (QED) is 0.252. The van der Waals surface area contributed by atoms with E-state index in [2.05, 4.69) is 13.6 Å². The van der Waals surface area contributed by atoms with Crippen molar-refractivity contribution in [1.82, 2.24) is 18.0 Å². The lowest BCUT2D eigenvalue weighted by molar-refractivity contribution is -0.138. The van der Waals surface area contributed by atoms with Crippen molar-refractivity contribution in [2.45, 2.75) is 43.7 Å². The van der Waals surface area contributed by atoms with Crippen LogP contribution in [-0.2, 0) is 25.8 Å². The van der Waals surface area contributed by atoms with Crippen LogP contribution in [0.25, 0.3) is 11.0 Å². The van der Waals surface area contributed by atoms with Gasteiger partial charge in [-0.15, -0.1) is 0 Å². The first-order valence-corrected chi connectivity index (χ1v) is 15.7.